The zero-order valence-electron chi connectivity index (χ0n) is 11.1. The van der Waals surface area contributed by atoms with Gasteiger partial charge in [0.2, 0.25) is 0 Å². The molecule has 1 atom stereocenters. The fourth-order valence-electron chi connectivity index (χ4n) is 1.26. The number of rotatable bonds is 5. The molecule has 1 rings (SSSR count). The van der Waals surface area contributed by atoms with Crippen molar-refractivity contribution in [2.45, 2.75) is 38.8 Å². The van der Waals surface area contributed by atoms with Crippen LogP contribution in [0.15, 0.2) is 30.3 Å². The summed E-state index contributed by atoms with van der Waals surface area (Å²) < 4.78 is 7.27. The SMILES string of the molecule is [2H]CC(C)(C)ON[C@@H](Cc1ccccc1)C(=O)O. The second-order valence-corrected chi connectivity index (χ2v) is 4.56. The Hall–Kier alpha value is -1.39. The quantitative estimate of drug-likeness (QED) is 0.770. The number of benzene rings is 1. The summed E-state index contributed by atoms with van der Waals surface area (Å²) in [4.78, 5) is 16.4. The van der Waals surface area contributed by atoms with Crippen molar-refractivity contribution in [1.29, 1.82) is 0 Å². The van der Waals surface area contributed by atoms with Crippen molar-refractivity contribution in [3.63, 3.8) is 0 Å². The molecule has 0 saturated carbocycles. The summed E-state index contributed by atoms with van der Waals surface area (Å²) in [7, 11) is 0. The zero-order chi connectivity index (χ0) is 13.6. The van der Waals surface area contributed by atoms with Gasteiger partial charge < -0.3 is 5.11 Å². The molecule has 94 valence electrons. The molecular weight excluding hydrogens is 218 g/mol. The third kappa shape index (κ3) is 5.47. The van der Waals surface area contributed by atoms with E-state index in [4.69, 9.17) is 11.3 Å². The van der Waals surface area contributed by atoms with Gasteiger partial charge in [-0.15, -0.1) is 0 Å². The first-order chi connectivity index (χ1) is 8.44. The van der Waals surface area contributed by atoms with E-state index in [1.807, 2.05) is 30.3 Å². The van der Waals surface area contributed by atoms with Gasteiger partial charge in [-0.05, 0) is 26.3 Å². The lowest BCUT2D eigenvalue weighted by Crippen LogP contribution is -2.42. The minimum absolute atomic E-state index is 0.0533. The van der Waals surface area contributed by atoms with E-state index in [1.165, 1.54) is 0 Å². The zero-order valence-corrected chi connectivity index (χ0v) is 10.1. The van der Waals surface area contributed by atoms with Gasteiger partial charge in [0.05, 0.1) is 5.60 Å². The molecule has 4 nitrogen and oxygen atoms in total. The largest absolute Gasteiger partial charge is 0.480 e. The molecule has 0 aromatic heterocycles. The van der Waals surface area contributed by atoms with Crippen LogP contribution >= 0.6 is 0 Å². The third-order valence-electron chi connectivity index (χ3n) is 2.06. The summed E-state index contributed by atoms with van der Waals surface area (Å²) >= 11 is 0. The minimum Gasteiger partial charge on any atom is -0.480 e. The maximum absolute atomic E-state index is 11.1. The molecule has 0 aliphatic rings. The number of carboxylic acids is 1. The lowest BCUT2D eigenvalue weighted by molar-refractivity contribution is -0.150. The number of hydroxylamine groups is 1. The lowest BCUT2D eigenvalue weighted by Gasteiger charge is -2.23. The van der Waals surface area contributed by atoms with E-state index in [9.17, 15) is 4.79 Å². The van der Waals surface area contributed by atoms with E-state index >= 15 is 0 Å². The van der Waals surface area contributed by atoms with Crippen LogP contribution in [-0.2, 0) is 16.1 Å². The fraction of sp³-hybridized carbons (Fsp3) is 0.462. The second kappa shape index (κ2) is 5.80. The van der Waals surface area contributed by atoms with Gasteiger partial charge >= 0.3 is 5.97 Å². The number of aliphatic carboxylic acids is 1. The average Bonchev–Trinajstić information content (AvgIpc) is 2.35. The molecule has 0 aliphatic heterocycles. The molecule has 0 radical (unpaired) electrons. The molecule has 2 N–H and O–H groups in total. The van der Waals surface area contributed by atoms with Crippen molar-refractivity contribution in [3.05, 3.63) is 35.9 Å². The topological polar surface area (TPSA) is 58.6 Å². The van der Waals surface area contributed by atoms with E-state index in [0.29, 0.717) is 6.42 Å². The van der Waals surface area contributed by atoms with Crippen LogP contribution in [0, 0.1) is 0 Å². The van der Waals surface area contributed by atoms with Crippen LogP contribution in [0.25, 0.3) is 0 Å². The summed E-state index contributed by atoms with van der Waals surface area (Å²) in [6.45, 7) is 3.51. The van der Waals surface area contributed by atoms with E-state index < -0.39 is 17.6 Å². The van der Waals surface area contributed by atoms with Gasteiger partial charge in [-0.2, -0.15) is 5.48 Å². The van der Waals surface area contributed by atoms with E-state index in [2.05, 4.69) is 5.48 Å². The van der Waals surface area contributed by atoms with Crippen molar-refractivity contribution in [3.8, 4) is 0 Å². The average molecular weight is 238 g/mol. The summed E-state index contributed by atoms with van der Waals surface area (Å²) in [6.07, 6.45) is 0.338. The Bertz CT molecular complexity index is 381. The molecule has 1 aromatic carbocycles. The predicted molar refractivity (Wildman–Crippen MR) is 65.5 cm³/mol. The van der Waals surface area contributed by atoms with E-state index in [1.54, 1.807) is 13.8 Å². The van der Waals surface area contributed by atoms with Gasteiger partial charge in [0.1, 0.15) is 6.04 Å². The van der Waals surface area contributed by atoms with Gasteiger partial charge in [0.15, 0.2) is 0 Å². The highest BCUT2D eigenvalue weighted by Crippen LogP contribution is 2.07. The highest BCUT2D eigenvalue weighted by molar-refractivity contribution is 5.73. The number of carboxylic acid groups (broad SMARTS) is 1. The number of carbonyl (C=O) groups is 1. The maximum Gasteiger partial charge on any atom is 0.323 e. The molecule has 0 unspecified atom stereocenters. The molecule has 0 spiro atoms. The molecule has 0 fully saturated rings. The normalized spacial score (nSPS) is 14.1. The van der Waals surface area contributed by atoms with Crippen LogP contribution in [0.1, 0.15) is 27.7 Å². The molecule has 0 saturated heterocycles. The number of hydrogen-bond donors (Lipinski definition) is 2. The van der Waals surface area contributed by atoms with Crippen molar-refractivity contribution < 1.29 is 16.1 Å². The number of nitrogens with one attached hydrogen (secondary N) is 1. The monoisotopic (exact) mass is 238 g/mol. The first-order valence-electron chi connectivity index (χ1n) is 6.15. The maximum atomic E-state index is 11.1. The van der Waals surface area contributed by atoms with Crippen LogP contribution in [0.3, 0.4) is 0 Å². The molecule has 1 aromatic rings. The smallest absolute Gasteiger partial charge is 0.323 e. The summed E-state index contributed by atoms with van der Waals surface area (Å²) in [5, 5.41) is 9.11. The second-order valence-electron chi connectivity index (χ2n) is 4.56. The molecular formula is C13H19NO3. The molecule has 0 amide bonds. The highest BCUT2D eigenvalue weighted by Gasteiger charge is 2.21. The van der Waals surface area contributed by atoms with Crippen LogP contribution in [-0.4, -0.2) is 22.7 Å². The summed E-state index contributed by atoms with van der Waals surface area (Å²) in [6, 6.07) is 8.52. The van der Waals surface area contributed by atoms with Crippen LogP contribution in [0.4, 0.5) is 0 Å². The van der Waals surface area contributed by atoms with Crippen molar-refractivity contribution >= 4 is 5.97 Å². The molecule has 17 heavy (non-hydrogen) atoms. The molecule has 0 bridgehead atoms. The first kappa shape index (κ1) is 12.1. The fourth-order valence-corrected chi connectivity index (χ4v) is 1.26. The summed E-state index contributed by atoms with van der Waals surface area (Å²) in [5.41, 5.74) is 2.76. The van der Waals surface area contributed by atoms with Crippen molar-refractivity contribution in [2.24, 2.45) is 0 Å². The molecule has 0 heterocycles. The minimum atomic E-state index is -0.973. The Morgan fingerprint density at radius 3 is 2.71 bits per heavy atom. The van der Waals surface area contributed by atoms with Gasteiger partial charge in [0, 0.05) is 7.79 Å². The summed E-state index contributed by atoms with van der Waals surface area (Å²) in [5.74, 6) is -0.973. The van der Waals surface area contributed by atoms with Gasteiger partial charge in [0.25, 0.3) is 0 Å². The standard InChI is InChI=1S/C13H19NO3/c1-13(2,3)17-14-11(12(15)16)9-10-7-5-4-6-8-10/h4-8,11,14H,9H2,1-3H3,(H,15,16)/t11-/m0/s1/i1D. The van der Waals surface area contributed by atoms with Gasteiger partial charge in [-0.3, -0.25) is 9.63 Å². The van der Waals surface area contributed by atoms with Gasteiger partial charge in [-0.1, -0.05) is 30.3 Å². The Labute approximate surface area is 103 Å². The third-order valence-corrected chi connectivity index (χ3v) is 2.06. The van der Waals surface area contributed by atoms with Crippen molar-refractivity contribution in [2.75, 3.05) is 0 Å². The first-order valence-corrected chi connectivity index (χ1v) is 5.44. The molecule has 4 heteroatoms. The highest BCUT2D eigenvalue weighted by atomic mass is 16.7. The van der Waals surface area contributed by atoms with E-state index in [0.717, 1.165) is 5.56 Å². The predicted octanol–water partition coefficient (Wildman–Crippen LogP) is 2.00. The number of hydrogen-bond acceptors (Lipinski definition) is 3. The molecule has 0 aliphatic carbocycles. The van der Waals surface area contributed by atoms with Crippen LogP contribution in [0.5, 0.6) is 0 Å². The Morgan fingerprint density at radius 1 is 1.53 bits per heavy atom. The lowest BCUT2D eigenvalue weighted by atomic mass is 10.1. The Kier molecular flexibility index (Phi) is 4.12. The van der Waals surface area contributed by atoms with Crippen LogP contribution in [0.2, 0.25) is 0 Å². The van der Waals surface area contributed by atoms with E-state index in [-0.39, 0.29) is 6.90 Å². The Morgan fingerprint density at radius 2 is 2.18 bits per heavy atom. The Balaban J connectivity index is 2.59. The van der Waals surface area contributed by atoms with Gasteiger partial charge in [-0.25, -0.2) is 0 Å². The van der Waals surface area contributed by atoms with Crippen molar-refractivity contribution in [1.82, 2.24) is 5.48 Å². The van der Waals surface area contributed by atoms with Crippen LogP contribution < -0.4 is 5.48 Å².